The summed E-state index contributed by atoms with van der Waals surface area (Å²) in [5.41, 5.74) is 1.04. The summed E-state index contributed by atoms with van der Waals surface area (Å²) in [5, 5.41) is 11.1. The maximum Gasteiger partial charge on any atom is 0.101 e. The smallest absolute Gasteiger partial charge is 0.101 e. The second-order valence-corrected chi connectivity index (χ2v) is 2.57. The number of isothiocyanates is 1. The van der Waals surface area contributed by atoms with Crippen LogP contribution in [0.15, 0.2) is 23.2 Å². The van der Waals surface area contributed by atoms with E-state index in [0.717, 1.165) is 0 Å². The molecule has 2 N–H and O–H groups in total. The van der Waals surface area contributed by atoms with E-state index in [1.807, 2.05) is 6.07 Å². The molecule has 13 heavy (non-hydrogen) atoms. The van der Waals surface area contributed by atoms with Crippen LogP contribution in [-0.2, 0) is 0 Å². The number of halogens is 1. The van der Waals surface area contributed by atoms with Crippen LogP contribution < -0.4 is 0 Å². The third-order valence-electron chi connectivity index (χ3n) is 1.25. The van der Waals surface area contributed by atoms with E-state index >= 15 is 0 Å². The van der Waals surface area contributed by atoms with Gasteiger partial charge in [-0.05, 0) is 30.4 Å². The predicted molar refractivity (Wildman–Crippen MR) is 54.5 cm³/mol. The topological polar surface area (TPSA) is 67.7 Å². The molecule has 0 aliphatic rings. The van der Waals surface area contributed by atoms with Crippen molar-refractivity contribution in [2.24, 2.45) is 4.99 Å². The van der Waals surface area contributed by atoms with Crippen LogP contribution in [0.4, 0.5) is 5.69 Å². The highest BCUT2D eigenvalue weighted by atomic mass is 35.5. The van der Waals surface area contributed by atoms with Gasteiger partial charge < -0.3 is 5.48 Å². The highest BCUT2D eigenvalue weighted by Crippen LogP contribution is 2.21. The Morgan fingerprint density at radius 1 is 1.46 bits per heavy atom. The molecule has 66 valence electrons. The molecule has 5 heteroatoms. The van der Waals surface area contributed by atoms with Gasteiger partial charge in [0.2, 0.25) is 0 Å². The summed E-state index contributed by atoms with van der Waals surface area (Å²) in [6.45, 7) is 0. The van der Waals surface area contributed by atoms with Crippen molar-refractivity contribution in [2.45, 2.75) is 0 Å². The lowest BCUT2D eigenvalue weighted by Crippen LogP contribution is -1.74. The minimum Gasteiger partial charge on any atom is -0.412 e. The molecule has 0 unspecified atom stereocenters. The predicted octanol–water partition coefficient (Wildman–Crippen LogP) is 2.12. The monoisotopic (exact) mass is 212 g/mol. The average Bonchev–Trinajstić information content (AvgIpc) is 2.05. The van der Waals surface area contributed by atoms with E-state index < -0.39 is 0 Å². The summed E-state index contributed by atoms with van der Waals surface area (Å²) < 4.78 is 0. The fourth-order valence-corrected chi connectivity index (χ4v) is 1.04. The van der Waals surface area contributed by atoms with Gasteiger partial charge in [0, 0.05) is 0 Å². The number of aliphatic imine (C=N–C) groups is 1. The molecular formula is C8H5ClN2OS. The quantitative estimate of drug-likeness (QED) is 0.529. The summed E-state index contributed by atoms with van der Waals surface area (Å²) in [4.78, 5) is 3.71. The molecule has 0 spiro atoms. The molecule has 3 nitrogen and oxygen atoms in total. The van der Waals surface area contributed by atoms with Gasteiger partial charge in [-0.15, -0.1) is 0 Å². The Balaban J connectivity index is 0.00000144. The maximum absolute atomic E-state index is 8.54. The van der Waals surface area contributed by atoms with Crippen molar-refractivity contribution in [3.05, 3.63) is 28.8 Å². The van der Waals surface area contributed by atoms with Crippen molar-refractivity contribution in [3.8, 4) is 6.07 Å². The third kappa shape index (κ3) is 2.94. The van der Waals surface area contributed by atoms with E-state index in [9.17, 15) is 0 Å². The highest BCUT2D eigenvalue weighted by Gasteiger charge is 1.98. The van der Waals surface area contributed by atoms with E-state index in [4.69, 9.17) is 16.9 Å². The second kappa shape index (κ2) is 5.41. The van der Waals surface area contributed by atoms with Gasteiger partial charge in [0.15, 0.2) is 0 Å². The van der Waals surface area contributed by atoms with Crippen molar-refractivity contribution in [1.29, 1.82) is 5.26 Å². The number of hydrogen-bond donors (Lipinski definition) is 0. The van der Waals surface area contributed by atoms with Crippen LogP contribution in [0.2, 0.25) is 5.02 Å². The van der Waals surface area contributed by atoms with Crippen LogP contribution in [0.25, 0.3) is 0 Å². The first-order chi connectivity index (χ1) is 5.77. The van der Waals surface area contributed by atoms with Gasteiger partial charge in [0.05, 0.1) is 21.4 Å². The van der Waals surface area contributed by atoms with Gasteiger partial charge in [-0.25, -0.2) is 0 Å². The first-order valence-electron chi connectivity index (χ1n) is 3.05. The zero-order chi connectivity index (χ0) is 8.97. The van der Waals surface area contributed by atoms with Crippen LogP contribution in [0.3, 0.4) is 0 Å². The summed E-state index contributed by atoms with van der Waals surface area (Å²) >= 11 is 10.1. The normalized spacial score (nSPS) is 7.69. The Hall–Kier alpha value is -1.24. The number of nitriles is 1. The second-order valence-electron chi connectivity index (χ2n) is 1.98. The first-order valence-corrected chi connectivity index (χ1v) is 3.84. The number of benzene rings is 1. The zero-order valence-electron chi connectivity index (χ0n) is 6.41. The van der Waals surface area contributed by atoms with E-state index in [2.05, 4.69) is 22.4 Å². The SMILES string of the molecule is N#Cc1ccc(N=C=S)cc1Cl.O. The molecule has 0 aromatic heterocycles. The Labute approximate surface area is 85.6 Å². The van der Waals surface area contributed by atoms with Crippen molar-refractivity contribution >= 4 is 34.7 Å². The zero-order valence-corrected chi connectivity index (χ0v) is 7.99. The summed E-state index contributed by atoms with van der Waals surface area (Å²) in [5.74, 6) is 0. The molecule has 1 aromatic rings. The molecule has 0 fully saturated rings. The molecule has 0 saturated carbocycles. The third-order valence-corrected chi connectivity index (χ3v) is 1.65. The molecule has 0 amide bonds. The van der Waals surface area contributed by atoms with Crippen molar-refractivity contribution in [1.82, 2.24) is 0 Å². The van der Waals surface area contributed by atoms with Gasteiger partial charge in [-0.3, -0.25) is 0 Å². The summed E-state index contributed by atoms with van der Waals surface area (Å²) in [6.07, 6.45) is 0. The van der Waals surface area contributed by atoms with Crippen LogP contribution in [0.1, 0.15) is 5.56 Å². The maximum atomic E-state index is 8.54. The van der Waals surface area contributed by atoms with Crippen LogP contribution in [-0.4, -0.2) is 10.6 Å². The molecule has 0 aliphatic carbocycles. The van der Waals surface area contributed by atoms with Crippen LogP contribution in [0, 0.1) is 11.3 Å². The molecule has 0 atom stereocenters. The van der Waals surface area contributed by atoms with Gasteiger partial charge in [0.1, 0.15) is 6.07 Å². The largest absolute Gasteiger partial charge is 0.412 e. The first kappa shape index (κ1) is 11.8. The fraction of sp³-hybridized carbons (Fsp3) is 0. The molecule has 0 saturated heterocycles. The van der Waals surface area contributed by atoms with E-state index in [0.29, 0.717) is 16.3 Å². The van der Waals surface area contributed by atoms with Crippen molar-refractivity contribution in [2.75, 3.05) is 0 Å². The Kier molecular flexibility index (Phi) is 4.90. The van der Waals surface area contributed by atoms with E-state index in [1.165, 1.54) is 0 Å². The molecule has 1 aromatic carbocycles. The molecule has 0 bridgehead atoms. The van der Waals surface area contributed by atoms with Gasteiger partial charge >= 0.3 is 0 Å². The van der Waals surface area contributed by atoms with Crippen LogP contribution >= 0.6 is 23.8 Å². The minimum atomic E-state index is 0. The Morgan fingerprint density at radius 3 is 2.62 bits per heavy atom. The molecule has 0 heterocycles. The van der Waals surface area contributed by atoms with Crippen molar-refractivity contribution in [3.63, 3.8) is 0 Å². The lowest BCUT2D eigenvalue weighted by molar-refractivity contribution is 0.824. The lowest BCUT2D eigenvalue weighted by Gasteiger charge is -1.94. The molecule has 0 aliphatic heterocycles. The number of hydrogen-bond acceptors (Lipinski definition) is 3. The lowest BCUT2D eigenvalue weighted by atomic mass is 10.2. The summed E-state index contributed by atoms with van der Waals surface area (Å²) in [7, 11) is 0. The fourth-order valence-electron chi connectivity index (χ4n) is 0.717. The standard InChI is InChI=1S/C8H3ClN2S.H2O/c9-8-3-7(11-5-12)2-1-6(8)4-10;/h1-3H;1H2. The number of thiocarbonyl (C=S) groups is 1. The van der Waals surface area contributed by atoms with Gasteiger partial charge in [-0.1, -0.05) is 11.6 Å². The number of nitrogens with zero attached hydrogens (tertiary/aromatic N) is 2. The molecule has 0 radical (unpaired) electrons. The van der Waals surface area contributed by atoms with Gasteiger partial charge in [-0.2, -0.15) is 10.3 Å². The summed E-state index contributed by atoms with van der Waals surface area (Å²) in [6, 6.07) is 6.76. The Bertz CT molecular complexity index is 394. The van der Waals surface area contributed by atoms with Crippen LogP contribution in [0.5, 0.6) is 0 Å². The van der Waals surface area contributed by atoms with E-state index in [-0.39, 0.29) is 5.48 Å². The van der Waals surface area contributed by atoms with Gasteiger partial charge in [0.25, 0.3) is 0 Å². The Morgan fingerprint density at radius 2 is 2.15 bits per heavy atom. The highest BCUT2D eigenvalue weighted by molar-refractivity contribution is 7.78. The van der Waals surface area contributed by atoms with E-state index in [1.54, 1.807) is 18.2 Å². The molecule has 1 rings (SSSR count). The number of rotatable bonds is 1. The molecular weight excluding hydrogens is 208 g/mol. The minimum absolute atomic E-state index is 0. The van der Waals surface area contributed by atoms with Crippen molar-refractivity contribution < 1.29 is 5.48 Å². The average molecular weight is 213 g/mol.